The molecule has 100 valence electrons. The quantitative estimate of drug-likeness (QED) is 0.382. The minimum absolute atomic E-state index is 0.109. The molecule has 0 fully saturated rings. The van der Waals surface area contributed by atoms with Crippen molar-refractivity contribution in [2.45, 2.75) is 0 Å². The molecule has 2 heterocycles. The molecule has 2 aromatic heterocycles. The van der Waals surface area contributed by atoms with Gasteiger partial charge in [0.15, 0.2) is 5.65 Å². The number of hydrazine groups is 1. The second kappa shape index (κ2) is 4.59. The number of hydrogen-bond acceptors (Lipinski definition) is 6. The van der Waals surface area contributed by atoms with E-state index in [1.165, 1.54) is 0 Å². The fraction of sp³-hybridized carbons (Fsp3) is 0. The molecular weight excluding hydrogens is 260 g/mol. The smallest absolute Gasteiger partial charge is 0.292 e. The number of H-pyrrole nitrogens is 2. The van der Waals surface area contributed by atoms with Crippen LogP contribution >= 0.6 is 0 Å². The highest BCUT2D eigenvalue weighted by Crippen LogP contribution is 2.22. The maximum absolute atomic E-state index is 12.0. The number of benzene rings is 1. The van der Waals surface area contributed by atoms with Gasteiger partial charge in [-0.2, -0.15) is 4.98 Å². The molecule has 0 aliphatic rings. The summed E-state index contributed by atoms with van der Waals surface area (Å²) in [5.74, 6) is 5.42. The van der Waals surface area contributed by atoms with Crippen LogP contribution in [0.2, 0.25) is 0 Å². The van der Waals surface area contributed by atoms with Crippen LogP contribution in [0.25, 0.3) is 22.3 Å². The highest BCUT2D eigenvalue weighted by molar-refractivity contribution is 5.90. The van der Waals surface area contributed by atoms with Gasteiger partial charge in [0, 0.05) is 5.56 Å². The number of nitrogens with two attached hydrogens (primary N) is 1. The number of aromatic nitrogens is 4. The van der Waals surface area contributed by atoms with Crippen molar-refractivity contribution >= 4 is 17.0 Å². The van der Waals surface area contributed by atoms with Gasteiger partial charge in [-0.1, -0.05) is 30.3 Å². The molecule has 0 spiro atoms. The van der Waals surface area contributed by atoms with Crippen LogP contribution in [0, 0.1) is 0 Å². The van der Waals surface area contributed by atoms with Crippen molar-refractivity contribution in [1.29, 1.82) is 0 Å². The monoisotopic (exact) mass is 270 g/mol. The molecular formula is C12H10N6O2. The molecule has 20 heavy (non-hydrogen) atoms. The van der Waals surface area contributed by atoms with Gasteiger partial charge in [0.05, 0.1) is 5.69 Å². The lowest BCUT2D eigenvalue weighted by Gasteiger charge is -2.07. The van der Waals surface area contributed by atoms with Crippen LogP contribution in [-0.2, 0) is 0 Å². The summed E-state index contributed by atoms with van der Waals surface area (Å²) in [6.07, 6.45) is 0. The molecule has 1 aromatic carbocycles. The average molecular weight is 270 g/mol. The van der Waals surface area contributed by atoms with E-state index in [0.29, 0.717) is 11.3 Å². The van der Waals surface area contributed by atoms with Crippen LogP contribution in [0.15, 0.2) is 39.9 Å². The van der Waals surface area contributed by atoms with Gasteiger partial charge >= 0.3 is 5.69 Å². The Morgan fingerprint density at radius 2 is 1.80 bits per heavy atom. The second-order valence-corrected chi connectivity index (χ2v) is 4.04. The van der Waals surface area contributed by atoms with Crippen molar-refractivity contribution < 1.29 is 0 Å². The topological polar surface area (TPSA) is 130 Å². The van der Waals surface area contributed by atoms with Crippen LogP contribution in [0.3, 0.4) is 0 Å². The fourth-order valence-electron chi connectivity index (χ4n) is 1.94. The van der Waals surface area contributed by atoms with Crippen LogP contribution in [0.1, 0.15) is 0 Å². The summed E-state index contributed by atoms with van der Waals surface area (Å²) in [7, 11) is 0. The van der Waals surface area contributed by atoms with Crippen molar-refractivity contribution in [2.75, 3.05) is 5.43 Å². The zero-order valence-electron chi connectivity index (χ0n) is 10.2. The van der Waals surface area contributed by atoms with E-state index in [2.05, 4.69) is 25.4 Å². The van der Waals surface area contributed by atoms with Gasteiger partial charge in [-0.3, -0.25) is 20.2 Å². The van der Waals surface area contributed by atoms with E-state index in [0.717, 1.165) is 0 Å². The van der Waals surface area contributed by atoms with E-state index in [1.54, 1.807) is 12.1 Å². The van der Waals surface area contributed by atoms with Crippen molar-refractivity contribution in [2.24, 2.45) is 5.84 Å². The fourth-order valence-corrected chi connectivity index (χ4v) is 1.94. The molecule has 0 radical (unpaired) electrons. The van der Waals surface area contributed by atoms with Gasteiger partial charge < -0.3 is 0 Å². The third-order valence-corrected chi connectivity index (χ3v) is 2.77. The number of hydrogen-bond donors (Lipinski definition) is 4. The first-order valence-electron chi connectivity index (χ1n) is 5.75. The third-order valence-electron chi connectivity index (χ3n) is 2.77. The second-order valence-electron chi connectivity index (χ2n) is 4.04. The van der Waals surface area contributed by atoms with Gasteiger partial charge in [0.2, 0.25) is 5.95 Å². The molecule has 8 nitrogen and oxygen atoms in total. The predicted molar refractivity (Wildman–Crippen MR) is 74.0 cm³/mol. The number of nitrogens with one attached hydrogen (secondary N) is 3. The normalized spacial score (nSPS) is 10.7. The minimum atomic E-state index is -0.636. The van der Waals surface area contributed by atoms with Gasteiger partial charge in [0.25, 0.3) is 5.56 Å². The van der Waals surface area contributed by atoms with E-state index < -0.39 is 11.2 Å². The van der Waals surface area contributed by atoms with Crippen LogP contribution in [0.4, 0.5) is 5.95 Å². The highest BCUT2D eigenvalue weighted by Gasteiger charge is 2.13. The maximum Gasteiger partial charge on any atom is 0.327 e. The van der Waals surface area contributed by atoms with Crippen molar-refractivity contribution in [3.05, 3.63) is 51.2 Å². The van der Waals surface area contributed by atoms with Crippen molar-refractivity contribution in [3.8, 4) is 11.3 Å². The average Bonchev–Trinajstić information content (AvgIpc) is 2.46. The van der Waals surface area contributed by atoms with Crippen LogP contribution < -0.4 is 22.5 Å². The van der Waals surface area contributed by atoms with Crippen LogP contribution in [-0.4, -0.2) is 19.9 Å². The summed E-state index contributed by atoms with van der Waals surface area (Å²) in [4.78, 5) is 36.1. The summed E-state index contributed by atoms with van der Waals surface area (Å²) >= 11 is 0. The summed E-state index contributed by atoms with van der Waals surface area (Å²) in [5.41, 5.74) is 2.36. The number of rotatable bonds is 2. The number of anilines is 1. The molecule has 0 saturated carbocycles. The highest BCUT2D eigenvalue weighted by atomic mass is 16.2. The molecule has 0 atom stereocenters. The third kappa shape index (κ3) is 1.93. The Hall–Kier alpha value is -3.00. The molecule has 0 bridgehead atoms. The minimum Gasteiger partial charge on any atom is -0.292 e. The number of nitrogens with zero attached hydrogens (tertiary/aromatic N) is 2. The van der Waals surface area contributed by atoms with Gasteiger partial charge in [-0.05, 0) is 0 Å². The molecule has 0 unspecified atom stereocenters. The SMILES string of the molecule is NNc1nc(-c2ccccc2)c2c(=O)[nH]c(=O)[nH]c2n1. The first kappa shape index (κ1) is 12.1. The Morgan fingerprint density at radius 1 is 1.05 bits per heavy atom. The van der Waals surface area contributed by atoms with Crippen LogP contribution in [0.5, 0.6) is 0 Å². The molecule has 3 rings (SSSR count). The zero-order valence-corrected chi connectivity index (χ0v) is 10.2. The largest absolute Gasteiger partial charge is 0.327 e. The number of aromatic amines is 2. The Balaban J connectivity index is 2.47. The summed E-state index contributed by atoms with van der Waals surface area (Å²) in [5, 5.41) is 0.204. The van der Waals surface area contributed by atoms with E-state index in [1.807, 2.05) is 18.2 Å². The van der Waals surface area contributed by atoms with E-state index in [4.69, 9.17) is 5.84 Å². The van der Waals surface area contributed by atoms with Gasteiger partial charge in [-0.15, -0.1) is 0 Å². The number of fused-ring (bicyclic) bond motifs is 1. The molecule has 0 aliphatic heterocycles. The molecule has 5 N–H and O–H groups in total. The van der Waals surface area contributed by atoms with Gasteiger partial charge in [-0.25, -0.2) is 15.6 Å². The van der Waals surface area contributed by atoms with E-state index in [-0.39, 0.29) is 17.0 Å². The van der Waals surface area contributed by atoms with E-state index in [9.17, 15) is 9.59 Å². The zero-order chi connectivity index (χ0) is 14.1. The number of nitrogen functional groups attached to an aromatic ring is 1. The van der Waals surface area contributed by atoms with Crippen molar-refractivity contribution in [3.63, 3.8) is 0 Å². The first-order valence-corrected chi connectivity index (χ1v) is 5.75. The standard InChI is InChI=1S/C12H10N6O2/c13-18-11-14-8(6-4-2-1-3-5-6)7-9(15-11)16-12(20)17-10(7)19/h1-5H,13H2,(H3,14,15,16,17,18,19,20). The van der Waals surface area contributed by atoms with E-state index >= 15 is 0 Å². The summed E-state index contributed by atoms with van der Waals surface area (Å²) in [6, 6.07) is 9.08. The molecule has 8 heteroatoms. The molecule has 0 amide bonds. The Bertz CT molecular complexity index is 884. The predicted octanol–water partition coefficient (Wildman–Crippen LogP) is -0.0410. The Kier molecular flexibility index (Phi) is 2.77. The lowest BCUT2D eigenvalue weighted by molar-refractivity contribution is 1.04. The lowest BCUT2D eigenvalue weighted by Crippen LogP contribution is -2.24. The molecule has 3 aromatic rings. The first-order chi connectivity index (χ1) is 9.69. The summed E-state index contributed by atoms with van der Waals surface area (Å²) in [6.45, 7) is 0. The van der Waals surface area contributed by atoms with Gasteiger partial charge in [0.1, 0.15) is 5.39 Å². The maximum atomic E-state index is 12.0. The molecule has 0 saturated heterocycles. The summed E-state index contributed by atoms with van der Waals surface area (Å²) < 4.78 is 0. The molecule has 0 aliphatic carbocycles. The van der Waals surface area contributed by atoms with Crippen molar-refractivity contribution in [1.82, 2.24) is 19.9 Å². The Morgan fingerprint density at radius 3 is 2.50 bits per heavy atom. The lowest BCUT2D eigenvalue weighted by atomic mass is 10.1. The Labute approximate surface area is 111 Å².